The molecule has 1 aliphatic rings. The Bertz CT molecular complexity index is 1160. The van der Waals surface area contributed by atoms with E-state index in [1.54, 1.807) is 41.2 Å². The Balaban J connectivity index is 1.59. The number of pyridine rings is 1. The molecule has 0 aliphatic carbocycles. The van der Waals surface area contributed by atoms with Crippen molar-refractivity contribution in [3.05, 3.63) is 66.1 Å². The lowest BCUT2D eigenvalue weighted by Crippen LogP contribution is -2.43. The predicted octanol–water partition coefficient (Wildman–Crippen LogP) is 4.34. The second-order valence-corrected chi connectivity index (χ2v) is 7.94. The second kappa shape index (κ2) is 9.80. The number of amides is 1. The van der Waals surface area contributed by atoms with E-state index in [-0.39, 0.29) is 24.1 Å². The minimum Gasteiger partial charge on any atom is -0.403 e. The lowest BCUT2D eigenvalue weighted by atomic mass is 10.0. The lowest BCUT2D eigenvalue weighted by molar-refractivity contribution is -0.275. The van der Waals surface area contributed by atoms with Crippen LogP contribution in [0, 0.1) is 5.82 Å². The highest BCUT2D eigenvalue weighted by Gasteiger charge is 2.32. The van der Waals surface area contributed by atoms with Gasteiger partial charge in [-0.15, -0.1) is 13.2 Å². The summed E-state index contributed by atoms with van der Waals surface area (Å²) < 4.78 is 62.2. The quantitative estimate of drug-likeness (QED) is 0.493. The van der Waals surface area contributed by atoms with Gasteiger partial charge >= 0.3 is 6.36 Å². The summed E-state index contributed by atoms with van der Waals surface area (Å²) in [5.41, 5.74) is 1.69. The maximum absolute atomic E-state index is 14.2. The van der Waals surface area contributed by atoms with E-state index in [1.165, 1.54) is 12.3 Å². The smallest absolute Gasteiger partial charge is 0.403 e. The van der Waals surface area contributed by atoms with Crippen LogP contribution in [0.25, 0.3) is 11.3 Å². The number of ether oxygens (including phenoxy) is 2. The van der Waals surface area contributed by atoms with Crippen LogP contribution in [-0.2, 0) is 18.3 Å². The molecule has 0 radical (unpaired) electrons. The first-order valence-corrected chi connectivity index (χ1v) is 10.6. The summed E-state index contributed by atoms with van der Waals surface area (Å²) in [7, 11) is 1.78. The molecular weight excluding hydrogens is 456 g/mol. The monoisotopic (exact) mass is 478 g/mol. The Morgan fingerprint density at radius 3 is 2.62 bits per heavy atom. The number of benzene rings is 1. The second-order valence-electron chi connectivity index (χ2n) is 7.94. The molecule has 0 N–H and O–H groups in total. The summed E-state index contributed by atoms with van der Waals surface area (Å²) in [5, 5.41) is 0. The number of nitrogens with zero attached hydrogens (tertiary/aromatic N) is 4. The van der Waals surface area contributed by atoms with Crippen molar-refractivity contribution in [2.24, 2.45) is 7.05 Å². The van der Waals surface area contributed by atoms with Crippen LogP contribution in [0.4, 0.5) is 17.6 Å². The zero-order valence-electron chi connectivity index (χ0n) is 18.3. The summed E-state index contributed by atoms with van der Waals surface area (Å²) in [5.74, 6) is -2.29. The van der Waals surface area contributed by atoms with Crippen molar-refractivity contribution in [1.82, 2.24) is 19.4 Å². The molecule has 3 aromatic rings. The normalized spacial score (nSPS) is 14.7. The number of carbonyl (C=O) groups is 1. The van der Waals surface area contributed by atoms with Crippen molar-refractivity contribution in [1.29, 1.82) is 0 Å². The predicted molar refractivity (Wildman–Crippen MR) is 113 cm³/mol. The highest BCUT2D eigenvalue weighted by atomic mass is 19.4. The Labute approximate surface area is 192 Å². The molecule has 0 unspecified atom stereocenters. The fraction of sp³-hybridized carbons (Fsp3) is 0.348. The molecule has 1 fully saturated rings. The van der Waals surface area contributed by atoms with Crippen LogP contribution in [0.5, 0.6) is 5.75 Å². The van der Waals surface area contributed by atoms with Gasteiger partial charge in [-0.2, -0.15) is 0 Å². The standard InChI is InChI=1S/C23H22F4N4O3/c1-30-13-20(29-14-30)22(32)31(17-5-8-33-9-6-17)12-15-4-7-28-19(10-15)16-2-3-21(18(24)11-16)34-23(25,26)27/h2-4,7,10-11,13-14,17H,5-6,8-9,12H2,1H3. The number of aryl methyl sites for hydroxylation is 1. The maximum atomic E-state index is 14.2. The van der Waals surface area contributed by atoms with Crippen LogP contribution >= 0.6 is 0 Å². The maximum Gasteiger partial charge on any atom is 0.573 e. The van der Waals surface area contributed by atoms with Crippen LogP contribution in [0.1, 0.15) is 28.9 Å². The molecular formula is C23H22F4N4O3. The molecule has 2 aromatic heterocycles. The fourth-order valence-corrected chi connectivity index (χ4v) is 3.83. The Morgan fingerprint density at radius 2 is 1.97 bits per heavy atom. The average Bonchev–Trinajstić information content (AvgIpc) is 3.24. The Hall–Kier alpha value is -3.47. The summed E-state index contributed by atoms with van der Waals surface area (Å²) in [6.45, 7) is 1.35. The van der Waals surface area contributed by atoms with Gasteiger partial charge in [-0.1, -0.05) is 0 Å². The number of alkyl halides is 3. The molecule has 0 saturated carbocycles. The zero-order valence-corrected chi connectivity index (χ0v) is 18.3. The molecule has 11 heteroatoms. The molecule has 0 spiro atoms. The number of carbonyl (C=O) groups excluding carboxylic acids is 1. The number of halogens is 4. The van der Waals surface area contributed by atoms with Crippen molar-refractivity contribution in [2.75, 3.05) is 13.2 Å². The molecule has 34 heavy (non-hydrogen) atoms. The van der Waals surface area contributed by atoms with E-state index < -0.39 is 17.9 Å². The fourth-order valence-electron chi connectivity index (χ4n) is 3.83. The van der Waals surface area contributed by atoms with Crippen molar-refractivity contribution < 1.29 is 31.8 Å². The molecule has 0 atom stereocenters. The number of hydrogen-bond donors (Lipinski definition) is 0. The molecule has 1 aromatic carbocycles. The SMILES string of the molecule is Cn1cnc(C(=O)N(Cc2ccnc(-c3ccc(OC(F)(F)F)c(F)c3)c2)C2CCOCC2)c1. The molecule has 1 amide bonds. The minimum atomic E-state index is -4.99. The topological polar surface area (TPSA) is 69.5 Å². The van der Waals surface area contributed by atoms with Gasteiger partial charge in [0.2, 0.25) is 0 Å². The zero-order chi connectivity index (χ0) is 24.3. The van der Waals surface area contributed by atoms with E-state index in [9.17, 15) is 22.4 Å². The number of rotatable bonds is 6. The molecule has 4 rings (SSSR count). The number of imidazole rings is 1. The van der Waals surface area contributed by atoms with Crippen LogP contribution in [-0.4, -0.2) is 51.0 Å². The summed E-state index contributed by atoms with van der Waals surface area (Å²) in [6.07, 6.45) is 1.09. The van der Waals surface area contributed by atoms with Gasteiger partial charge in [0.05, 0.1) is 12.0 Å². The molecule has 3 heterocycles. The average molecular weight is 478 g/mol. The molecule has 180 valence electrons. The van der Waals surface area contributed by atoms with Crippen LogP contribution in [0.15, 0.2) is 49.1 Å². The van der Waals surface area contributed by atoms with Gasteiger partial charge in [-0.3, -0.25) is 9.78 Å². The van der Waals surface area contributed by atoms with Crippen LogP contribution in [0.2, 0.25) is 0 Å². The third-order valence-corrected chi connectivity index (χ3v) is 5.45. The first-order chi connectivity index (χ1) is 16.2. The first-order valence-electron chi connectivity index (χ1n) is 10.6. The third-order valence-electron chi connectivity index (χ3n) is 5.45. The summed E-state index contributed by atoms with van der Waals surface area (Å²) in [4.78, 5) is 23.4. The van der Waals surface area contributed by atoms with Crippen molar-refractivity contribution >= 4 is 5.91 Å². The number of hydrogen-bond acceptors (Lipinski definition) is 5. The molecule has 1 aliphatic heterocycles. The highest BCUT2D eigenvalue weighted by Crippen LogP contribution is 2.29. The Kier molecular flexibility index (Phi) is 6.82. The highest BCUT2D eigenvalue weighted by molar-refractivity contribution is 5.92. The largest absolute Gasteiger partial charge is 0.573 e. The van der Waals surface area contributed by atoms with E-state index >= 15 is 0 Å². The van der Waals surface area contributed by atoms with Crippen LogP contribution in [0.3, 0.4) is 0 Å². The first kappa shape index (κ1) is 23.7. The van der Waals surface area contributed by atoms with E-state index in [2.05, 4.69) is 14.7 Å². The number of aromatic nitrogens is 3. The summed E-state index contributed by atoms with van der Waals surface area (Å²) >= 11 is 0. The molecule has 0 bridgehead atoms. The van der Waals surface area contributed by atoms with Gasteiger partial charge in [-0.25, -0.2) is 9.37 Å². The van der Waals surface area contributed by atoms with Crippen LogP contribution < -0.4 is 4.74 Å². The minimum absolute atomic E-state index is 0.0453. The van der Waals surface area contributed by atoms with Gasteiger partial charge in [0, 0.05) is 50.8 Å². The van der Waals surface area contributed by atoms with Gasteiger partial charge in [-0.05, 0) is 48.7 Å². The van der Waals surface area contributed by atoms with Gasteiger partial charge in [0.15, 0.2) is 11.6 Å². The van der Waals surface area contributed by atoms with E-state index in [1.807, 2.05) is 0 Å². The van der Waals surface area contributed by atoms with Crippen molar-refractivity contribution in [3.63, 3.8) is 0 Å². The van der Waals surface area contributed by atoms with Gasteiger partial charge in [0.25, 0.3) is 5.91 Å². The van der Waals surface area contributed by atoms with E-state index in [0.29, 0.717) is 37.4 Å². The molecule has 7 nitrogen and oxygen atoms in total. The van der Waals surface area contributed by atoms with Crippen molar-refractivity contribution in [3.8, 4) is 17.0 Å². The summed E-state index contributed by atoms with van der Waals surface area (Å²) in [6, 6.07) is 6.51. The van der Waals surface area contributed by atoms with E-state index in [0.717, 1.165) is 17.7 Å². The lowest BCUT2D eigenvalue weighted by Gasteiger charge is -2.34. The van der Waals surface area contributed by atoms with Gasteiger partial charge < -0.3 is 18.9 Å². The Morgan fingerprint density at radius 1 is 1.21 bits per heavy atom. The van der Waals surface area contributed by atoms with Crippen molar-refractivity contribution in [2.45, 2.75) is 31.8 Å². The van der Waals surface area contributed by atoms with Gasteiger partial charge in [0.1, 0.15) is 5.69 Å². The van der Waals surface area contributed by atoms with E-state index in [4.69, 9.17) is 4.74 Å². The third kappa shape index (κ3) is 5.71. The molecule has 1 saturated heterocycles.